The molecule has 4 N–H and O–H groups in total. The lowest BCUT2D eigenvalue weighted by molar-refractivity contribution is -0.433. The van der Waals surface area contributed by atoms with Crippen molar-refractivity contribution in [2.45, 2.75) is 26.9 Å². The third-order valence-corrected chi connectivity index (χ3v) is 2.68. The van der Waals surface area contributed by atoms with E-state index in [1.807, 2.05) is 4.90 Å². The topological polar surface area (TPSA) is 54.7 Å². The van der Waals surface area contributed by atoms with Crippen LogP contribution in [0, 0.1) is 16.7 Å². The highest BCUT2D eigenvalue weighted by Gasteiger charge is 2.29. The molecule has 0 bridgehead atoms. The van der Waals surface area contributed by atoms with Crippen molar-refractivity contribution in [2.24, 2.45) is 11.3 Å². The van der Waals surface area contributed by atoms with Crippen molar-refractivity contribution in [1.29, 1.82) is 5.41 Å². The SMILES string of the molecule is CC(C)(C)C1C=CC([NH3+])N(C=N)C1. The van der Waals surface area contributed by atoms with Crippen LogP contribution in [0.1, 0.15) is 20.8 Å². The summed E-state index contributed by atoms with van der Waals surface area (Å²) in [7, 11) is 0. The molecule has 0 aromatic heterocycles. The van der Waals surface area contributed by atoms with Crippen molar-refractivity contribution in [2.75, 3.05) is 6.54 Å². The number of nitrogens with one attached hydrogen (secondary N) is 1. The highest BCUT2D eigenvalue weighted by atomic mass is 15.2. The second kappa shape index (κ2) is 3.50. The van der Waals surface area contributed by atoms with Crippen LogP contribution in [0.2, 0.25) is 0 Å². The Hall–Kier alpha value is -0.830. The second-order valence-corrected chi connectivity index (χ2v) is 4.75. The minimum Gasteiger partial charge on any atom is -0.334 e. The van der Waals surface area contributed by atoms with Gasteiger partial charge in [0.15, 0.2) is 6.17 Å². The number of hydrogen-bond donors (Lipinski definition) is 2. The standard InChI is InChI=1S/C10H19N3/c1-10(2,3)8-4-5-9(12)13(6-8)7-11/h4-5,7-9,11H,6,12H2,1-3H3/p+1. The average molecular weight is 182 g/mol. The molecule has 1 heterocycles. The Kier molecular flexibility index (Phi) is 2.76. The Labute approximate surface area is 80.1 Å². The molecule has 1 aliphatic heterocycles. The summed E-state index contributed by atoms with van der Waals surface area (Å²) >= 11 is 0. The zero-order valence-electron chi connectivity index (χ0n) is 8.75. The molecule has 0 spiro atoms. The van der Waals surface area contributed by atoms with Gasteiger partial charge in [0.05, 0.1) is 6.34 Å². The normalized spacial score (nSPS) is 29.1. The van der Waals surface area contributed by atoms with Crippen molar-refractivity contribution in [3.05, 3.63) is 12.2 Å². The first-order valence-electron chi connectivity index (χ1n) is 4.73. The number of quaternary nitrogens is 1. The summed E-state index contributed by atoms with van der Waals surface area (Å²) in [6.45, 7) is 7.60. The van der Waals surface area contributed by atoms with Crippen LogP contribution in [-0.4, -0.2) is 23.9 Å². The third kappa shape index (κ3) is 2.31. The minimum absolute atomic E-state index is 0.135. The molecule has 1 aliphatic rings. The van der Waals surface area contributed by atoms with E-state index in [9.17, 15) is 0 Å². The Bertz CT molecular complexity index is 215. The summed E-state index contributed by atoms with van der Waals surface area (Å²) < 4.78 is 0. The number of hydrogen-bond acceptors (Lipinski definition) is 1. The summed E-state index contributed by atoms with van der Waals surface area (Å²) in [4.78, 5) is 1.97. The largest absolute Gasteiger partial charge is 0.334 e. The molecule has 0 fully saturated rings. The van der Waals surface area contributed by atoms with Gasteiger partial charge in [-0.05, 0) is 17.4 Å². The Morgan fingerprint density at radius 3 is 2.54 bits per heavy atom. The number of rotatable bonds is 1. The molecule has 74 valence electrons. The quantitative estimate of drug-likeness (QED) is 0.350. The zero-order valence-corrected chi connectivity index (χ0v) is 8.75. The van der Waals surface area contributed by atoms with Crippen molar-refractivity contribution in [1.82, 2.24) is 4.90 Å². The fourth-order valence-electron chi connectivity index (χ4n) is 1.51. The molecular weight excluding hydrogens is 162 g/mol. The molecule has 2 atom stereocenters. The summed E-state index contributed by atoms with van der Waals surface area (Å²) in [6, 6.07) is 0. The zero-order chi connectivity index (χ0) is 10.1. The van der Waals surface area contributed by atoms with E-state index in [4.69, 9.17) is 5.41 Å². The van der Waals surface area contributed by atoms with Gasteiger partial charge in [-0.2, -0.15) is 0 Å². The highest BCUT2D eigenvalue weighted by molar-refractivity contribution is 5.51. The van der Waals surface area contributed by atoms with Gasteiger partial charge in [-0.3, -0.25) is 5.41 Å². The van der Waals surface area contributed by atoms with Crippen molar-refractivity contribution in [3.63, 3.8) is 0 Å². The molecule has 3 nitrogen and oxygen atoms in total. The lowest BCUT2D eigenvalue weighted by atomic mass is 9.79. The maximum atomic E-state index is 7.25. The highest BCUT2D eigenvalue weighted by Crippen LogP contribution is 2.29. The van der Waals surface area contributed by atoms with E-state index in [2.05, 4.69) is 38.7 Å². The fourth-order valence-corrected chi connectivity index (χ4v) is 1.51. The van der Waals surface area contributed by atoms with Crippen LogP contribution in [0.15, 0.2) is 12.2 Å². The van der Waals surface area contributed by atoms with Crippen LogP contribution in [0.4, 0.5) is 0 Å². The van der Waals surface area contributed by atoms with Crippen molar-refractivity contribution in [3.8, 4) is 0 Å². The van der Waals surface area contributed by atoms with Gasteiger partial charge >= 0.3 is 0 Å². The smallest absolute Gasteiger partial charge is 0.180 e. The summed E-state index contributed by atoms with van der Waals surface area (Å²) in [5.74, 6) is 0.520. The third-order valence-electron chi connectivity index (χ3n) is 2.68. The lowest BCUT2D eigenvalue weighted by Gasteiger charge is -2.36. The number of nitrogens with zero attached hydrogens (tertiary/aromatic N) is 1. The van der Waals surface area contributed by atoms with Gasteiger partial charge in [0.2, 0.25) is 0 Å². The van der Waals surface area contributed by atoms with E-state index < -0.39 is 0 Å². The maximum absolute atomic E-state index is 7.25. The van der Waals surface area contributed by atoms with Gasteiger partial charge in [-0.15, -0.1) is 0 Å². The van der Waals surface area contributed by atoms with E-state index in [0.29, 0.717) is 5.92 Å². The molecule has 3 heteroatoms. The fraction of sp³-hybridized carbons (Fsp3) is 0.700. The first-order chi connectivity index (χ1) is 5.95. The summed E-state index contributed by atoms with van der Waals surface area (Å²) in [5, 5.41) is 7.25. The summed E-state index contributed by atoms with van der Waals surface area (Å²) in [6.07, 6.45) is 5.85. The molecule has 0 amide bonds. The van der Waals surface area contributed by atoms with Crippen LogP contribution in [0.5, 0.6) is 0 Å². The monoisotopic (exact) mass is 182 g/mol. The predicted octanol–water partition coefficient (Wildman–Crippen LogP) is 0.696. The lowest BCUT2D eigenvalue weighted by Crippen LogP contribution is -2.69. The molecule has 13 heavy (non-hydrogen) atoms. The van der Waals surface area contributed by atoms with Crippen molar-refractivity contribution < 1.29 is 5.73 Å². The van der Waals surface area contributed by atoms with E-state index in [1.165, 1.54) is 6.34 Å². The molecule has 2 unspecified atom stereocenters. The maximum Gasteiger partial charge on any atom is 0.180 e. The molecule has 0 aromatic carbocycles. The minimum atomic E-state index is 0.135. The second-order valence-electron chi connectivity index (χ2n) is 4.75. The van der Waals surface area contributed by atoms with Crippen LogP contribution in [-0.2, 0) is 0 Å². The molecule has 0 saturated heterocycles. The van der Waals surface area contributed by atoms with Crippen molar-refractivity contribution >= 4 is 6.34 Å². The van der Waals surface area contributed by atoms with E-state index in [1.54, 1.807) is 0 Å². The van der Waals surface area contributed by atoms with Crippen LogP contribution in [0.25, 0.3) is 0 Å². The summed E-state index contributed by atoms with van der Waals surface area (Å²) in [5.41, 5.74) is 4.23. The van der Waals surface area contributed by atoms with E-state index in [-0.39, 0.29) is 11.6 Å². The predicted molar refractivity (Wildman–Crippen MR) is 54.3 cm³/mol. The van der Waals surface area contributed by atoms with E-state index in [0.717, 1.165) is 6.54 Å². The molecule has 0 aliphatic carbocycles. The Balaban J connectivity index is 2.74. The van der Waals surface area contributed by atoms with Gasteiger partial charge in [-0.1, -0.05) is 26.8 Å². The average Bonchev–Trinajstić information content (AvgIpc) is 2.03. The molecule has 1 rings (SSSR count). The van der Waals surface area contributed by atoms with Gasteiger partial charge in [0.1, 0.15) is 0 Å². The molecule has 0 radical (unpaired) electrons. The Morgan fingerprint density at radius 2 is 2.08 bits per heavy atom. The molecule has 0 aromatic rings. The van der Waals surface area contributed by atoms with Crippen LogP contribution < -0.4 is 5.73 Å². The first kappa shape index (κ1) is 10.3. The first-order valence-corrected chi connectivity index (χ1v) is 4.73. The van der Waals surface area contributed by atoms with Crippen LogP contribution in [0.3, 0.4) is 0 Å². The van der Waals surface area contributed by atoms with E-state index >= 15 is 0 Å². The van der Waals surface area contributed by atoms with Gasteiger partial charge < -0.3 is 10.6 Å². The van der Waals surface area contributed by atoms with Gasteiger partial charge in [-0.25, -0.2) is 0 Å². The Morgan fingerprint density at radius 1 is 1.46 bits per heavy atom. The van der Waals surface area contributed by atoms with Gasteiger partial charge in [0, 0.05) is 6.54 Å². The van der Waals surface area contributed by atoms with Gasteiger partial charge in [0.25, 0.3) is 0 Å². The van der Waals surface area contributed by atoms with Crippen LogP contribution >= 0.6 is 0 Å². The molecule has 0 saturated carbocycles. The molecular formula is C10H20N3+.